The lowest BCUT2D eigenvalue weighted by atomic mass is 10.3. The fraction of sp³-hybridized carbons (Fsp3) is 0. The number of halogens is 3. The first-order valence-electron chi connectivity index (χ1n) is 3.87. The molecule has 0 aliphatic rings. The molecule has 78 valence electrons. The van der Waals surface area contributed by atoms with Crippen molar-refractivity contribution in [2.45, 2.75) is 0 Å². The number of benzene rings is 1. The van der Waals surface area contributed by atoms with Gasteiger partial charge in [0.2, 0.25) is 0 Å². The van der Waals surface area contributed by atoms with Crippen molar-refractivity contribution in [3.8, 4) is 0 Å². The summed E-state index contributed by atoms with van der Waals surface area (Å²) in [6.07, 6.45) is 0. The molecule has 1 aromatic heterocycles. The summed E-state index contributed by atoms with van der Waals surface area (Å²) in [6.45, 7) is 0. The smallest absolute Gasteiger partial charge is 0.187 e. The summed E-state index contributed by atoms with van der Waals surface area (Å²) in [5.41, 5.74) is 0.896. The van der Waals surface area contributed by atoms with Gasteiger partial charge in [0.1, 0.15) is 0 Å². The van der Waals surface area contributed by atoms with E-state index in [1.54, 1.807) is 0 Å². The Morgan fingerprint density at radius 2 is 2.07 bits per heavy atom. The molecule has 0 amide bonds. The first kappa shape index (κ1) is 11.3. The lowest BCUT2D eigenvalue weighted by molar-refractivity contribution is 1.43. The number of anilines is 2. The Balaban J connectivity index is 2.29. The fourth-order valence-corrected chi connectivity index (χ4v) is 2.76. The van der Waals surface area contributed by atoms with Crippen LogP contribution in [0.5, 0.6) is 0 Å². The van der Waals surface area contributed by atoms with Crippen molar-refractivity contribution < 1.29 is 0 Å². The Morgan fingerprint density at radius 3 is 2.67 bits per heavy atom. The Hall–Kier alpha value is -0.170. The lowest BCUT2D eigenvalue weighted by Gasteiger charge is -2.05. The highest BCUT2D eigenvalue weighted by Gasteiger charge is 2.07. The number of nitrogens with zero attached hydrogens (tertiary/aromatic N) is 2. The van der Waals surface area contributed by atoms with Crippen LogP contribution in [0.1, 0.15) is 0 Å². The van der Waals surface area contributed by atoms with Crippen LogP contribution in [0.25, 0.3) is 0 Å². The minimum absolute atomic E-state index is 0.384. The maximum absolute atomic E-state index is 5.82. The monoisotopic (exact) mass is 367 g/mol. The zero-order chi connectivity index (χ0) is 10.8. The van der Waals surface area contributed by atoms with Gasteiger partial charge >= 0.3 is 0 Å². The molecule has 0 unspecified atom stereocenters. The van der Waals surface area contributed by atoms with Crippen molar-refractivity contribution >= 4 is 66.7 Å². The van der Waals surface area contributed by atoms with Gasteiger partial charge in [0.05, 0.1) is 17.4 Å². The minimum Gasteiger partial charge on any atom is -0.336 e. The molecule has 7 heteroatoms. The summed E-state index contributed by atoms with van der Waals surface area (Å²) < 4.78 is 9.83. The maximum atomic E-state index is 5.82. The molecule has 0 aliphatic heterocycles. The van der Waals surface area contributed by atoms with Crippen LogP contribution in [0.2, 0.25) is 5.15 Å². The minimum atomic E-state index is 0.384. The molecule has 3 nitrogen and oxygen atoms in total. The Morgan fingerprint density at radius 1 is 1.27 bits per heavy atom. The van der Waals surface area contributed by atoms with Gasteiger partial charge in [-0.15, -0.1) is 0 Å². The molecule has 1 aromatic carbocycles. The molecule has 0 atom stereocenters. The number of aromatic nitrogens is 2. The first-order valence-corrected chi connectivity index (χ1v) is 6.56. The van der Waals surface area contributed by atoms with Gasteiger partial charge in [0.25, 0.3) is 0 Å². The molecule has 0 bridgehead atoms. The molecule has 15 heavy (non-hydrogen) atoms. The number of rotatable bonds is 2. The van der Waals surface area contributed by atoms with Gasteiger partial charge in [-0.1, -0.05) is 27.5 Å². The average Bonchev–Trinajstić information content (AvgIpc) is 2.57. The van der Waals surface area contributed by atoms with Crippen molar-refractivity contribution in [2.24, 2.45) is 0 Å². The third-order valence-corrected chi connectivity index (χ3v) is 3.67. The van der Waals surface area contributed by atoms with Gasteiger partial charge in [-0.3, -0.25) is 0 Å². The second-order valence-corrected chi connectivity index (χ2v) is 5.31. The van der Waals surface area contributed by atoms with Gasteiger partial charge in [-0.2, -0.15) is 8.75 Å². The van der Waals surface area contributed by atoms with Crippen molar-refractivity contribution in [3.05, 3.63) is 32.3 Å². The standard InChI is InChI=1S/C8H4Br2ClN3S/c9-4-1-2-6(5(10)3-4)12-8-7(11)13-15-14-8/h1-3H,(H,12,14). The van der Waals surface area contributed by atoms with Crippen molar-refractivity contribution in [1.29, 1.82) is 0 Å². The van der Waals surface area contributed by atoms with Crippen molar-refractivity contribution in [2.75, 3.05) is 5.32 Å². The summed E-state index contributed by atoms with van der Waals surface area (Å²) in [7, 11) is 0. The molecule has 2 aromatic rings. The predicted octanol–water partition coefficient (Wildman–Crippen LogP) is 4.46. The van der Waals surface area contributed by atoms with E-state index in [-0.39, 0.29) is 0 Å². The van der Waals surface area contributed by atoms with E-state index in [9.17, 15) is 0 Å². The van der Waals surface area contributed by atoms with Crippen LogP contribution in [-0.2, 0) is 0 Å². The summed E-state index contributed by atoms with van der Waals surface area (Å²) in [4.78, 5) is 0. The van der Waals surface area contributed by atoms with E-state index >= 15 is 0 Å². The van der Waals surface area contributed by atoms with E-state index < -0.39 is 0 Å². The second kappa shape index (κ2) is 4.78. The fourth-order valence-electron chi connectivity index (χ4n) is 0.971. The largest absolute Gasteiger partial charge is 0.336 e. The summed E-state index contributed by atoms with van der Waals surface area (Å²) in [6, 6.07) is 5.79. The molecule has 0 spiro atoms. The maximum Gasteiger partial charge on any atom is 0.187 e. The number of nitrogens with one attached hydrogen (secondary N) is 1. The molecule has 1 heterocycles. The molecular weight excluding hydrogens is 365 g/mol. The van der Waals surface area contributed by atoms with Gasteiger partial charge in [-0.05, 0) is 34.1 Å². The van der Waals surface area contributed by atoms with Crippen LogP contribution in [0.3, 0.4) is 0 Å². The van der Waals surface area contributed by atoms with E-state index in [0.29, 0.717) is 11.0 Å². The highest BCUT2D eigenvalue weighted by molar-refractivity contribution is 9.11. The van der Waals surface area contributed by atoms with Crippen LogP contribution in [0, 0.1) is 0 Å². The molecular formula is C8H4Br2ClN3S. The molecule has 0 radical (unpaired) electrons. The Kier molecular flexibility index (Phi) is 3.60. The van der Waals surface area contributed by atoms with Crippen LogP contribution in [0.15, 0.2) is 27.1 Å². The molecule has 0 fully saturated rings. The van der Waals surface area contributed by atoms with E-state index in [2.05, 4.69) is 45.9 Å². The van der Waals surface area contributed by atoms with E-state index in [4.69, 9.17) is 11.6 Å². The summed E-state index contributed by atoms with van der Waals surface area (Å²) >= 11 is 13.7. The second-order valence-electron chi connectivity index (χ2n) is 2.65. The molecule has 2 rings (SSSR count). The van der Waals surface area contributed by atoms with Crippen molar-refractivity contribution in [3.63, 3.8) is 0 Å². The van der Waals surface area contributed by atoms with Crippen molar-refractivity contribution in [1.82, 2.24) is 8.75 Å². The Labute approximate surface area is 112 Å². The van der Waals surface area contributed by atoms with Crippen LogP contribution in [0.4, 0.5) is 11.5 Å². The van der Waals surface area contributed by atoms with Gasteiger partial charge in [0, 0.05) is 8.95 Å². The Bertz CT molecular complexity index is 488. The lowest BCUT2D eigenvalue weighted by Crippen LogP contribution is -1.91. The highest BCUT2D eigenvalue weighted by atomic mass is 79.9. The molecule has 0 aliphatic carbocycles. The van der Waals surface area contributed by atoms with Gasteiger partial charge in [0.15, 0.2) is 11.0 Å². The van der Waals surface area contributed by atoms with Crippen LogP contribution < -0.4 is 5.32 Å². The third-order valence-electron chi connectivity index (χ3n) is 1.63. The highest BCUT2D eigenvalue weighted by Crippen LogP contribution is 2.30. The van der Waals surface area contributed by atoms with E-state index in [1.807, 2.05) is 18.2 Å². The normalized spacial score (nSPS) is 10.3. The zero-order valence-corrected chi connectivity index (χ0v) is 11.9. The van der Waals surface area contributed by atoms with E-state index in [1.165, 1.54) is 0 Å². The number of hydrogen-bond acceptors (Lipinski definition) is 4. The molecule has 0 saturated heterocycles. The average molecular weight is 369 g/mol. The van der Waals surface area contributed by atoms with Crippen LogP contribution in [-0.4, -0.2) is 8.75 Å². The van der Waals surface area contributed by atoms with Crippen LogP contribution >= 0.6 is 55.2 Å². The SMILES string of the molecule is Clc1nsnc1Nc1ccc(Br)cc1Br. The predicted molar refractivity (Wildman–Crippen MR) is 70.0 cm³/mol. The third kappa shape index (κ3) is 2.69. The van der Waals surface area contributed by atoms with E-state index in [0.717, 1.165) is 26.4 Å². The topological polar surface area (TPSA) is 37.8 Å². The summed E-state index contributed by atoms with van der Waals surface area (Å²) in [5, 5.41) is 3.47. The molecule has 1 N–H and O–H groups in total. The number of hydrogen-bond donors (Lipinski definition) is 1. The quantitative estimate of drug-likeness (QED) is 0.849. The summed E-state index contributed by atoms with van der Waals surface area (Å²) in [5.74, 6) is 0.574. The zero-order valence-electron chi connectivity index (χ0n) is 7.17. The van der Waals surface area contributed by atoms with Gasteiger partial charge < -0.3 is 5.32 Å². The first-order chi connectivity index (χ1) is 7.16. The van der Waals surface area contributed by atoms with Gasteiger partial charge in [-0.25, -0.2) is 0 Å². The molecule has 0 saturated carbocycles.